The van der Waals surface area contributed by atoms with Crippen LogP contribution in [-0.4, -0.2) is 15.6 Å². The van der Waals surface area contributed by atoms with Gasteiger partial charge in [-0.05, 0) is 26.0 Å². The first kappa shape index (κ1) is 14.0. The molecule has 0 bridgehead atoms. The van der Waals surface area contributed by atoms with Gasteiger partial charge in [-0.3, -0.25) is 0 Å². The first-order valence-electron chi connectivity index (χ1n) is 5.83. The van der Waals surface area contributed by atoms with Crippen LogP contribution in [0.4, 0.5) is 15.8 Å². The number of nitrogens with zero attached hydrogens (tertiary/aromatic N) is 2. The standard InChI is InChI=1S/C12H14ClFN4S/c1-7(2)16-9-5-3-4-8(14)11(9)15-6-10-12(13)19-18-17-10/h3-5,7,15-16H,6H2,1-2H3. The third kappa shape index (κ3) is 3.54. The van der Waals surface area contributed by atoms with E-state index in [1.54, 1.807) is 6.07 Å². The molecular weight excluding hydrogens is 287 g/mol. The molecule has 0 saturated heterocycles. The van der Waals surface area contributed by atoms with Crippen molar-refractivity contribution in [2.45, 2.75) is 26.4 Å². The van der Waals surface area contributed by atoms with Crippen LogP contribution in [0.3, 0.4) is 0 Å². The molecule has 0 atom stereocenters. The minimum atomic E-state index is -0.315. The summed E-state index contributed by atoms with van der Waals surface area (Å²) in [6.45, 7) is 4.33. The Bertz CT molecular complexity index is 558. The Hall–Kier alpha value is -1.40. The molecule has 1 aromatic heterocycles. The van der Waals surface area contributed by atoms with Gasteiger partial charge >= 0.3 is 0 Å². The van der Waals surface area contributed by atoms with E-state index >= 15 is 0 Å². The molecule has 4 nitrogen and oxygen atoms in total. The van der Waals surface area contributed by atoms with Crippen molar-refractivity contribution in [1.29, 1.82) is 0 Å². The average Bonchev–Trinajstić information content (AvgIpc) is 2.73. The highest BCUT2D eigenvalue weighted by molar-refractivity contribution is 7.10. The highest BCUT2D eigenvalue weighted by Gasteiger charge is 2.11. The number of hydrogen-bond acceptors (Lipinski definition) is 5. The lowest BCUT2D eigenvalue weighted by Crippen LogP contribution is -2.13. The molecule has 1 heterocycles. The van der Waals surface area contributed by atoms with Gasteiger partial charge in [0, 0.05) is 17.6 Å². The van der Waals surface area contributed by atoms with Crippen LogP contribution in [0, 0.1) is 5.82 Å². The van der Waals surface area contributed by atoms with Gasteiger partial charge in [0.2, 0.25) is 0 Å². The highest BCUT2D eigenvalue weighted by atomic mass is 35.5. The summed E-state index contributed by atoms with van der Waals surface area (Å²) in [5.41, 5.74) is 1.75. The molecule has 102 valence electrons. The zero-order chi connectivity index (χ0) is 13.8. The normalized spacial score (nSPS) is 10.8. The van der Waals surface area contributed by atoms with Gasteiger partial charge in [-0.15, -0.1) is 5.10 Å². The Labute approximate surface area is 120 Å². The summed E-state index contributed by atoms with van der Waals surface area (Å²) in [4.78, 5) is 0. The minimum Gasteiger partial charge on any atom is -0.381 e. The van der Waals surface area contributed by atoms with Gasteiger partial charge in [0.15, 0.2) is 0 Å². The fraction of sp³-hybridized carbons (Fsp3) is 0.333. The van der Waals surface area contributed by atoms with Crippen LogP contribution in [0.25, 0.3) is 0 Å². The van der Waals surface area contributed by atoms with Gasteiger partial charge in [0.1, 0.15) is 15.8 Å². The summed E-state index contributed by atoms with van der Waals surface area (Å²) in [5, 5.41) is 10.1. The number of nitrogens with one attached hydrogen (secondary N) is 2. The van der Waals surface area contributed by atoms with Crippen LogP contribution in [0.15, 0.2) is 18.2 Å². The van der Waals surface area contributed by atoms with Gasteiger partial charge in [-0.1, -0.05) is 22.2 Å². The van der Waals surface area contributed by atoms with Crippen molar-refractivity contribution < 1.29 is 4.39 Å². The summed E-state index contributed by atoms with van der Waals surface area (Å²) in [7, 11) is 0. The van der Waals surface area contributed by atoms with E-state index in [9.17, 15) is 4.39 Å². The van der Waals surface area contributed by atoms with Crippen LogP contribution < -0.4 is 10.6 Å². The average molecular weight is 301 g/mol. The molecule has 2 N–H and O–H groups in total. The second-order valence-corrected chi connectivity index (χ2v) is 5.66. The van der Waals surface area contributed by atoms with E-state index in [1.807, 2.05) is 19.9 Å². The first-order valence-corrected chi connectivity index (χ1v) is 6.98. The summed E-state index contributed by atoms with van der Waals surface area (Å²) < 4.78 is 18.1. The molecule has 2 aromatic rings. The second kappa shape index (κ2) is 6.16. The molecule has 19 heavy (non-hydrogen) atoms. The molecule has 0 aliphatic rings. The van der Waals surface area contributed by atoms with Crippen molar-refractivity contribution in [2.75, 3.05) is 10.6 Å². The molecule has 0 radical (unpaired) electrons. The lowest BCUT2D eigenvalue weighted by molar-refractivity contribution is 0.630. The fourth-order valence-corrected chi connectivity index (χ4v) is 2.24. The molecule has 1 aromatic carbocycles. The number of anilines is 2. The molecule has 0 unspecified atom stereocenters. The molecule has 7 heteroatoms. The minimum absolute atomic E-state index is 0.215. The number of rotatable bonds is 5. The summed E-state index contributed by atoms with van der Waals surface area (Å²) in [6.07, 6.45) is 0. The molecule has 0 fully saturated rings. The summed E-state index contributed by atoms with van der Waals surface area (Å²) in [5.74, 6) is -0.315. The fourth-order valence-electron chi connectivity index (χ4n) is 1.61. The highest BCUT2D eigenvalue weighted by Crippen LogP contribution is 2.27. The Morgan fingerprint density at radius 2 is 2.21 bits per heavy atom. The van der Waals surface area contributed by atoms with Gasteiger partial charge in [-0.25, -0.2) is 4.39 Å². The van der Waals surface area contributed by atoms with E-state index in [1.165, 1.54) is 6.07 Å². The van der Waals surface area contributed by atoms with E-state index in [0.29, 0.717) is 27.9 Å². The summed E-state index contributed by atoms with van der Waals surface area (Å²) >= 11 is 7.03. The Morgan fingerprint density at radius 3 is 2.84 bits per heavy atom. The van der Waals surface area contributed by atoms with Crippen molar-refractivity contribution in [1.82, 2.24) is 9.59 Å². The van der Waals surface area contributed by atoms with E-state index in [2.05, 4.69) is 20.2 Å². The van der Waals surface area contributed by atoms with E-state index in [-0.39, 0.29) is 11.9 Å². The van der Waals surface area contributed by atoms with Crippen LogP contribution in [-0.2, 0) is 6.54 Å². The van der Waals surface area contributed by atoms with E-state index in [4.69, 9.17) is 11.6 Å². The predicted molar refractivity (Wildman–Crippen MR) is 77.4 cm³/mol. The number of halogens is 2. The van der Waals surface area contributed by atoms with Crippen LogP contribution in [0.5, 0.6) is 0 Å². The monoisotopic (exact) mass is 300 g/mol. The van der Waals surface area contributed by atoms with Crippen molar-refractivity contribution in [3.05, 3.63) is 34.0 Å². The zero-order valence-electron chi connectivity index (χ0n) is 10.6. The molecule has 0 spiro atoms. The van der Waals surface area contributed by atoms with Crippen molar-refractivity contribution in [2.24, 2.45) is 0 Å². The molecule has 0 aliphatic carbocycles. The van der Waals surface area contributed by atoms with E-state index < -0.39 is 0 Å². The van der Waals surface area contributed by atoms with Gasteiger partial charge < -0.3 is 10.6 Å². The molecule has 2 rings (SSSR count). The van der Waals surface area contributed by atoms with Gasteiger partial charge in [-0.2, -0.15) is 0 Å². The second-order valence-electron chi connectivity index (χ2n) is 4.31. The summed E-state index contributed by atoms with van der Waals surface area (Å²) in [6, 6.07) is 5.12. The zero-order valence-corrected chi connectivity index (χ0v) is 12.1. The number of hydrogen-bond donors (Lipinski definition) is 2. The Kier molecular flexibility index (Phi) is 4.55. The largest absolute Gasteiger partial charge is 0.381 e. The smallest absolute Gasteiger partial charge is 0.148 e. The molecular formula is C12H14ClFN4S. The number of aromatic nitrogens is 2. The van der Waals surface area contributed by atoms with Crippen molar-refractivity contribution in [3.63, 3.8) is 0 Å². The topological polar surface area (TPSA) is 49.8 Å². The van der Waals surface area contributed by atoms with Crippen LogP contribution >= 0.6 is 23.1 Å². The predicted octanol–water partition coefficient (Wildman–Crippen LogP) is 3.76. The van der Waals surface area contributed by atoms with Gasteiger partial charge in [0.05, 0.1) is 17.9 Å². The van der Waals surface area contributed by atoms with Crippen LogP contribution in [0.2, 0.25) is 4.34 Å². The maximum atomic E-state index is 13.9. The van der Waals surface area contributed by atoms with Crippen LogP contribution in [0.1, 0.15) is 19.5 Å². The lowest BCUT2D eigenvalue weighted by atomic mass is 10.2. The maximum Gasteiger partial charge on any atom is 0.148 e. The molecule has 0 saturated carbocycles. The maximum absolute atomic E-state index is 13.9. The van der Waals surface area contributed by atoms with E-state index in [0.717, 1.165) is 11.5 Å². The Morgan fingerprint density at radius 1 is 1.42 bits per heavy atom. The van der Waals surface area contributed by atoms with Crippen molar-refractivity contribution in [3.8, 4) is 0 Å². The van der Waals surface area contributed by atoms with Crippen molar-refractivity contribution >= 4 is 34.5 Å². The molecule has 0 aliphatic heterocycles. The number of benzene rings is 1. The Balaban J connectivity index is 2.17. The third-order valence-corrected chi connectivity index (χ3v) is 3.38. The SMILES string of the molecule is CC(C)Nc1cccc(F)c1NCc1nnsc1Cl. The number of para-hydroxylation sites is 1. The first-order chi connectivity index (χ1) is 9.08. The third-order valence-electron chi connectivity index (χ3n) is 2.40. The quantitative estimate of drug-likeness (QED) is 0.882. The van der Waals surface area contributed by atoms with Gasteiger partial charge in [0.25, 0.3) is 0 Å². The molecule has 0 amide bonds. The lowest BCUT2D eigenvalue weighted by Gasteiger charge is -2.16.